The van der Waals surface area contributed by atoms with E-state index in [1.807, 2.05) is 0 Å². The van der Waals surface area contributed by atoms with Crippen LogP contribution in [0.1, 0.15) is 22.3 Å². The molecule has 0 aliphatic heterocycles. The van der Waals surface area contributed by atoms with Crippen molar-refractivity contribution in [2.45, 2.75) is 13.0 Å². The fourth-order valence-corrected chi connectivity index (χ4v) is 1.24. The van der Waals surface area contributed by atoms with Gasteiger partial charge in [0.05, 0.1) is 0 Å². The molecule has 0 aliphatic rings. The molecule has 0 unspecified atom stereocenters. The Bertz CT molecular complexity index is 457. The quantitative estimate of drug-likeness (QED) is 0.619. The van der Waals surface area contributed by atoms with Gasteiger partial charge in [0.2, 0.25) is 11.8 Å². The van der Waals surface area contributed by atoms with E-state index in [9.17, 15) is 14.4 Å². The van der Waals surface area contributed by atoms with Crippen LogP contribution in [0, 0.1) is 0 Å². The van der Waals surface area contributed by atoms with Crippen LogP contribution in [-0.4, -0.2) is 22.9 Å². The molecule has 0 fully saturated rings. The monoisotopic (exact) mass is 236 g/mol. The van der Waals surface area contributed by atoms with Crippen molar-refractivity contribution in [1.29, 1.82) is 0 Å². The predicted octanol–water partition coefficient (Wildman–Crippen LogP) is -0.124. The Balaban J connectivity index is 2.57. The second-order valence-electron chi connectivity index (χ2n) is 3.41. The van der Waals surface area contributed by atoms with Crippen molar-refractivity contribution in [3.05, 3.63) is 35.4 Å². The van der Waals surface area contributed by atoms with Gasteiger partial charge in [-0.05, 0) is 17.7 Å². The van der Waals surface area contributed by atoms with Crippen LogP contribution in [0.15, 0.2) is 24.3 Å². The van der Waals surface area contributed by atoms with E-state index in [4.69, 9.17) is 10.8 Å². The van der Waals surface area contributed by atoms with Crippen LogP contribution >= 0.6 is 0 Å². The van der Waals surface area contributed by atoms with Gasteiger partial charge >= 0.3 is 5.97 Å². The fraction of sp³-hybridized carbons (Fsp3) is 0.182. The summed E-state index contributed by atoms with van der Waals surface area (Å²) in [4.78, 5) is 32.2. The standard InChI is InChI=1S/C11H12N2O4/c12-11(17)8-3-1-2-7(4-8)6-13-9(14)5-10(15)16/h1-4H,5-6H2,(H2,12,17)(H,13,14)(H,15,16). The van der Waals surface area contributed by atoms with E-state index in [2.05, 4.69) is 5.32 Å². The number of carbonyl (C=O) groups excluding carboxylic acids is 2. The Hall–Kier alpha value is -2.37. The molecular weight excluding hydrogens is 224 g/mol. The first kappa shape index (κ1) is 12.7. The maximum Gasteiger partial charge on any atom is 0.312 e. The molecule has 0 heterocycles. The van der Waals surface area contributed by atoms with Crippen LogP contribution < -0.4 is 11.1 Å². The minimum Gasteiger partial charge on any atom is -0.481 e. The first-order valence-corrected chi connectivity index (χ1v) is 4.86. The van der Waals surface area contributed by atoms with Crippen molar-refractivity contribution in [3.63, 3.8) is 0 Å². The van der Waals surface area contributed by atoms with E-state index < -0.39 is 24.2 Å². The summed E-state index contributed by atoms with van der Waals surface area (Å²) in [5, 5.41) is 10.8. The lowest BCUT2D eigenvalue weighted by Gasteiger charge is -2.04. The normalized spacial score (nSPS) is 9.65. The van der Waals surface area contributed by atoms with Crippen LogP contribution in [0.2, 0.25) is 0 Å². The molecule has 90 valence electrons. The highest BCUT2D eigenvalue weighted by atomic mass is 16.4. The Morgan fingerprint density at radius 3 is 2.59 bits per heavy atom. The van der Waals surface area contributed by atoms with E-state index in [-0.39, 0.29) is 6.54 Å². The molecule has 1 aromatic carbocycles. The first-order valence-electron chi connectivity index (χ1n) is 4.86. The summed E-state index contributed by atoms with van der Waals surface area (Å²) in [7, 11) is 0. The maximum absolute atomic E-state index is 11.1. The molecule has 6 heteroatoms. The number of carboxylic acids is 1. The molecule has 0 bridgehead atoms. The van der Waals surface area contributed by atoms with Gasteiger partial charge in [0.25, 0.3) is 0 Å². The molecule has 0 saturated heterocycles. The second-order valence-corrected chi connectivity index (χ2v) is 3.41. The molecule has 1 aromatic rings. The molecular formula is C11H12N2O4. The molecule has 1 rings (SSSR count). The number of benzene rings is 1. The van der Waals surface area contributed by atoms with Crippen LogP contribution in [0.25, 0.3) is 0 Å². The zero-order valence-corrected chi connectivity index (χ0v) is 8.97. The number of primary amides is 1. The van der Waals surface area contributed by atoms with Gasteiger partial charge in [-0.1, -0.05) is 12.1 Å². The average Bonchev–Trinajstić information content (AvgIpc) is 2.26. The smallest absolute Gasteiger partial charge is 0.312 e. The van der Waals surface area contributed by atoms with E-state index >= 15 is 0 Å². The SMILES string of the molecule is NC(=O)c1cccc(CNC(=O)CC(=O)O)c1. The highest BCUT2D eigenvalue weighted by Crippen LogP contribution is 2.04. The third kappa shape index (κ3) is 4.33. The predicted molar refractivity (Wildman–Crippen MR) is 59.1 cm³/mol. The van der Waals surface area contributed by atoms with Gasteiger partial charge < -0.3 is 16.2 Å². The van der Waals surface area contributed by atoms with E-state index in [1.54, 1.807) is 24.3 Å². The first-order chi connectivity index (χ1) is 7.99. The highest BCUT2D eigenvalue weighted by Gasteiger charge is 2.07. The lowest BCUT2D eigenvalue weighted by atomic mass is 10.1. The van der Waals surface area contributed by atoms with E-state index in [0.717, 1.165) is 0 Å². The molecule has 0 radical (unpaired) electrons. The lowest BCUT2D eigenvalue weighted by Crippen LogP contribution is -2.25. The number of carboxylic acid groups (broad SMARTS) is 1. The Labute approximate surface area is 97.4 Å². The van der Waals surface area contributed by atoms with Crippen LogP contribution in [0.3, 0.4) is 0 Å². The molecule has 2 amide bonds. The molecule has 0 atom stereocenters. The molecule has 6 nitrogen and oxygen atoms in total. The van der Waals surface area contributed by atoms with Gasteiger partial charge in [0, 0.05) is 12.1 Å². The van der Waals surface area contributed by atoms with Crippen LogP contribution in [0.4, 0.5) is 0 Å². The third-order valence-corrected chi connectivity index (χ3v) is 2.01. The zero-order chi connectivity index (χ0) is 12.8. The van der Waals surface area contributed by atoms with Crippen molar-refractivity contribution in [3.8, 4) is 0 Å². The van der Waals surface area contributed by atoms with Crippen molar-refractivity contribution < 1.29 is 19.5 Å². The Morgan fingerprint density at radius 2 is 2.00 bits per heavy atom. The number of rotatable bonds is 5. The molecule has 0 aromatic heterocycles. The Kier molecular flexibility index (Phi) is 4.21. The van der Waals surface area contributed by atoms with Crippen molar-refractivity contribution in [2.75, 3.05) is 0 Å². The summed E-state index contributed by atoms with van der Waals surface area (Å²) in [6, 6.07) is 6.44. The minimum absolute atomic E-state index is 0.160. The van der Waals surface area contributed by atoms with Crippen molar-refractivity contribution >= 4 is 17.8 Å². The van der Waals surface area contributed by atoms with E-state index in [0.29, 0.717) is 11.1 Å². The number of nitrogens with one attached hydrogen (secondary N) is 1. The molecule has 0 spiro atoms. The van der Waals surface area contributed by atoms with Gasteiger partial charge in [-0.25, -0.2) is 0 Å². The summed E-state index contributed by atoms with van der Waals surface area (Å²) < 4.78 is 0. The Morgan fingerprint density at radius 1 is 1.29 bits per heavy atom. The second kappa shape index (κ2) is 5.64. The zero-order valence-electron chi connectivity index (χ0n) is 8.97. The van der Waals surface area contributed by atoms with Crippen molar-refractivity contribution in [1.82, 2.24) is 5.32 Å². The summed E-state index contributed by atoms with van der Waals surface area (Å²) >= 11 is 0. The van der Waals surface area contributed by atoms with Gasteiger partial charge in [-0.15, -0.1) is 0 Å². The number of hydrogen-bond donors (Lipinski definition) is 3. The van der Waals surface area contributed by atoms with Gasteiger partial charge in [0.15, 0.2) is 0 Å². The lowest BCUT2D eigenvalue weighted by molar-refractivity contribution is -0.140. The molecule has 4 N–H and O–H groups in total. The minimum atomic E-state index is -1.19. The van der Waals surface area contributed by atoms with Gasteiger partial charge in [-0.3, -0.25) is 14.4 Å². The van der Waals surface area contributed by atoms with Gasteiger partial charge in [0.1, 0.15) is 6.42 Å². The number of nitrogens with two attached hydrogens (primary N) is 1. The van der Waals surface area contributed by atoms with Crippen LogP contribution in [-0.2, 0) is 16.1 Å². The van der Waals surface area contributed by atoms with E-state index in [1.165, 1.54) is 0 Å². The largest absolute Gasteiger partial charge is 0.481 e. The molecule has 17 heavy (non-hydrogen) atoms. The molecule has 0 aliphatic carbocycles. The summed E-state index contributed by atoms with van der Waals surface area (Å²) in [5.41, 5.74) is 6.12. The fourth-order valence-electron chi connectivity index (χ4n) is 1.24. The van der Waals surface area contributed by atoms with Gasteiger partial charge in [-0.2, -0.15) is 0 Å². The number of amides is 2. The summed E-state index contributed by atoms with van der Waals surface area (Å²) in [6.07, 6.45) is -0.574. The highest BCUT2D eigenvalue weighted by molar-refractivity contribution is 5.94. The molecule has 0 saturated carbocycles. The maximum atomic E-state index is 11.1. The number of carbonyl (C=O) groups is 3. The summed E-state index contributed by atoms with van der Waals surface area (Å²) in [6.45, 7) is 0.160. The topological polar surface area (TPSA) is 109 Å². The number of aliphatic carboxylic acids is 1. The summed E-state index contributed by atoms with van der Waals surface area (Å²) in [5.74, 6) is -2.32. The van der Waals surface area contributed by atoms with Crippen LogP contribution in [0.5, 0.6) is 0 Å². The van der Waals surface area contributed by atoms with Crippen molar-refractivity contribution in [2.24, 2.45) is 5.73 Å². The number of hydrogen-bond acceptors (Lipinski definition) is 3. The average molecular weight is 236 g/mol. The third-order valence-electron chi connectivity index (χ3n) is 2.01.